The minimum absolute atomic E-state index is 0.0833. The van der Waals surface area contributed by atoms with Gasteiger partial charge in [0.25, 0.3) is 0 Å². The number of hydrogen-bond acceptors (Lipinski definition) is 3. The van der Waals surface area contributed by atoms with Crippen LogP contribution in [0.4, 0.5) is 0 Å². The summed E-state index contributed by atoms with van der Waals surface area (Å²) in [6.07, 6.45) is 14.4. The molecule has 4 rings (SSSR count). The molecule has 4 aliphatic carbocycles. The van der Waals surface area contributed by atoms with Crippen LogP contribution in [0.2, 0.25) is 0 Å². The first-order valence-electron chi connectivity index (χ1n) is 13.2. The second kappa shape index (κ2) is 8.13. The van der Waals surface area contributed by atoms with Gasteiger partial charge >= 0.3 is 0 Å². The van der Waals surface area contributed by atoms with Crippen molar-refractivity contribution in [2.24, 2.45) is 40.4 Å². The Bertz CT molecular complexity index is 693. The highest BCUT2D eigenvalue weighted by Crippen LogP contribution is 2.67. The molecule has 3 heteroatoms. The highest BCUT2D eigenvalue weighted by molar-refractivity contribution is 5.27. The van der Waals surface area contributed by atoms with Crippen LogP contribution >= 0.6 is 0 Å². The molecule has 178 valence electrons. The summed E-state index contributed by atoms with van der Waals surface area (Å²) < 4.78 is 0. The number of aliphatic hydroxyl groups is 3. The first-order valence-corrected chi connectivity index (χ1v) is 13.2. The molecular formula is C28H48O3. The average Bonchev–Trinajstić information content (AvgIpc) is 3.04. The lowest BCUT2D eigenvalue weighted by Gasteiger charge is -2.59. The summed E-state index contributed by atoms with van der Waals surface area (Å²) in [5, 5.41) is 30.6. The van der Waals surface area contributed by atoms with E-state index in [1.165, 1.54) is 37.7 Å². The van der Waals surface area contributed by atoms with Crippen molar-refractivity contribution >= 4 is 0 Å². The fourth-order valence-electron chi connectivity index (χ4n) is 8.89. The molecule has 3 fully saturated rings. The molecule has 0 radical (unpaired) electrons. The van der Waals surface area contributed by atoms with Crippen molar-refractivity contribution in [1.29, 1.82) is 0 Å². The van der Waals surface area contributed by atoms with E-state index in [4.69, 9.17) is 0 Å². The highest BCUT2D eigenvalue weighted by Gasteiger charge is 2.59. The van der Waals surface area contributed by atoms with Gasteiger partial charge in [-0.05, 0) is 125 Å². The lowest BCUT2D eigenvalue weighted by atomic mass is 9.46. The van der Waals surface area contributed by atoms with E-state index >= 15 is 0 Å². The maximum Gasteiger partial charge on any atom is 0.0707 e. The van der Waals surface area contributed by atoms with E-state index in [0.29, 0.717) is 17.8 Å². The zero-order chi connectivity index (χ0) is 22.7. The van der Waals surface area contributed by atoms with Crippen molar-refractivity contribution in [1.82, 2.24) is 0 Å². The summed E-state index contributed by atoms with van der Waals surface area (Å²) in [4.78, 5) is 0. The van der Waals surface area contributed by atoms with E-state index in [-0.39, 0.29) is 12.0 Å². The molecule has 0 spiro atoms. The van der Waals surface area contributed by atoms with Crippen molar-refractivity contribution in [2.45, 2.75) is 116 Å². The number of rotatable bonds is 6. The zero-order valence-electron chi connectivity index (χ0n) is 20.8. The molecule has 0 aromatic heterocycles. The van der Waals surface area contributed by atoms with Gasteiger partial charge in [0.15, 0.2) is 0 Å². The van der Waals surface area contributed by atoms with Crippen LogP contribution in [0.15, 0.2) is 11.6 Å². The monoisotopic (exact) mass is 432 g/mol. The molecule has 0 aromatic rings. The molecule has 0 saturated heterocycles. The van der Waals surface area contributed by atoms with E-state index in [1.807, 2.05) is 13.8 Å². The third-order valence-corrected chi connectivity index (χ3v) is 10.8. The number of hydrogen-bond donors (Lipinski definition) is 3. The Morgan fingerprint density at radius 3 is 2.52 bits per heavy atom. The maximum absolute atomic E-state index is 11.0. The topological polar surface area (TPSA) is 60.7 Å². The second-order valence-corrected chi connectivity index (χ2v) is 13.2. The lowest BCUT2D eigenvalue weighted by molar-refractivity contribution is -0.0798. The Balaban J connectivity index is 1.51. The molecule has 0 aliphatic heterocycles. The molecule has 4 unspecified atom stereocenters. The SMILES string of the molecule is CC(CCC(C)(C)O)[C@H]1CCC2C3CC=C4C[C@](O)(CCO)CC[C@]4(C)C3CC[C@@]21C. The van der Waals surface area contributed by atoms with Gasteiger partial charge in [0.1, 0.15) is 0 Å². The van der Waals surface area contributed by atoms with Crippen molar-refractivity contribution in [3.63, 3.8) is 0 Å². The van der Waals surface area contributed by atoms with E-state index in [2.05, 4.69) is 26.8 Å². The van der Waals surface area contributed by atoms with Gasteiger partial charge in [0, 0.05) is 6.61 Å². The minimum Gasteiger partial charge on any atom is -0.396 e. The van der Waals surface area contributed by atoms with E-state index in [1.54, 1.807) is 0 Å². The largest absolute Gasteiger partial charge is 0.396 e. The van der Waals surface area contributed by atoms with Crippen molar-refractivity contribution < 1.29 is 15.3 Å². The fraction of sp³-hybridized carbons (Fsp3) is 0.929. The average molecular weight is 433 g/mol. The predicted octanol–water partition coefficient (Wildman–Crippen LogP) is 5.87. The zero-order valence-corrected chi connectivity index (χ0v) is 20.8. The smallest absolute Gasteiger partial charge is 0.0707 e. The Morgan fingerprint density at radius 1 is 1.10 bits per heavy atom. The van der Waals surface area contributed by atoms with Crippen LogP contribution in [-0.4, -0.2) is 33.1 Å². The summed E-state index contributed by atoms with van der Waals surface area (Å²) in [7, 11) is 0. The predicted molar refractivity (Wildman–Crippen MR) is 127 cm³/mol. The third-order valence-electron chi connectivity index (χ3n) is 10.8. The molecular weight excluding hydrogens is 384 g/mol. The van der Waals surface area contributed by atoms with Crippen LogP contribution < -0.4 is 0 Å². The van der Waals surface area contributed by atoms with Crippen LogP contribution in [0.1, 0.15) is 105 Å². The standard InChI is InChI=1S/C28H48O3/c1-19(10-12-25(2,3)30)22-8-9-23-21-7-6-20-18-28(31,16-17-29)15-14-26(20,4)24(21)11-13-27(22,23)5/h6,19,21-24,29-31H,7-18H2,1-5H3/t19?,21?,22-,23?,24?,26+,27-,28-/m1/s1. The molecule has 8 atom stereocenters. The van der Waals surface area contributed by atoms with Gasteiger partial charge < -0.3 is 15.3 Å². The molecule has 0 aromatic carbocycles. The summed E-state index contributed by atoms with van der Waals surface area (Å²) in [6.45, 7) is 11.5. The first-order chi connectivity index (χ1) is 14.4. The normalized spacial score (nSPS) is 46.0. The molecule has 3 nitrogen and oxygen atoms in total. The summed E-state index contributed by atoms with van der Waals surface area (Å²) in [5.74, 6) is 3.86. The maximum atomic E-state index is 11.0. The van der Waals surface area contributed by atoms with Gasteiger partial charge in [0.05, 0.1) is 11.2 Å². The van der Waals surface area contributed by atoms with Crippen LogP contribution in [0.25, 0.3) is 0 Å². The Hall–Kier alpha value is -0.380. The third kappa shape index (κ3) is 4.17. The van der Waals surface area contributed by atoms with Crippen molar-refractivity contribution in [2.75, 3.05) is 6.61 Å². The van der Waals surface area contributed by atoms with Crippen LogP contribution in [-0.2, 0) is 0 Å². The number of aliphatic hydroxyl groups excluding tert-OH is 1. The van der Waals surface area contributed by atoms with Gasteiger partial charge in [-0.2, -0.15) is 0 Å². The summed E-state index contributed by atoms with van der Waals surface area (Å²) in [6, 6.07) is 0. The van der Waals surface area contributed by atoms with E-state index in [9.17, 15) is 15.3 Å². The molecule has 0 heterocycles. The Kier molecular flexibility index (Phi) is 6.24. The number of allylic oxidation sites excluding steroid dienone is 1. The van der Waals surface area contributed by atoms with Gasteiger partial charge in [-0.15, -0.1) is 0 Å². The molecule has 4 aliphatic rings. The van der Waals surface area contributed by atoms with Gasteiger partial charge in [-0.25, -0.2) is 0 Å². The molecule has 0 amide bonds. The van der Waals surface area contributed by atoms with Crippen molar-refractivity contribution in [3.05, 3.63) is 11.6 Å². The lowest BCUT2D eigenvalue weighted by Crippen LogP contribution is -2.52. The fourth-order valence-corrected chi connectivity index (χ4v) is 8.89. The molecule has 3 saturated carbocycles. The first kappa shape index (κ1) is 23.8. The Morgan fingerprint density at radius 2 is 1.84 bits per heavy atom. The van der Waals surface area contributed by atoms with Crippen molar-refractivity contribution in [3.8, 4) is 0 Å². The minimum atomic E-state index is -0.690. The molecule has 31 heavy (non-hydrogen) atoms. The van der Waals surface area contributed by atoms with Gasteiger partial charge in [0.2, 0.25) is 0 Å². The number of fused-ring (bicyclic) bond motifs is 5. The molecule has 0 bridgehead atoms. The quantitative estimate of drug-likeness (QED) is 0.460. The van der Waals surface area contributed by atoms with Crippen LogP contribution in [0.5, 0.6) is 0 Å². The van der Waals surface area contributed by atoms with Crippen LogP contribution in [0.3, 0.4) is 0 Å². The summed E-state index contributed by atoms with van der Waals surface area (Å²) >= 11 is 0. The summed E-state index contributed by atoms with van der Waals surface area (Å²) in [5.41, 5.74) is 0.950. The van der Waals surface area contributed by atoms with Gasteiger partial charge in [-0.3, -0.25) is 0 Å². The van der Waals surface area contributed by atoms with Crippen LogP contribution in [0, 0.1) is 40.4 Å². The van der Waals surface area contributed by atoms with E-state index in [0.717, 1.165) is 55.8 Å². The second-order valence-electron chi connectivity index (χ2n) is 13.2. The Labute approximate surface area is 190 Å². The van der Waals surface area contributed by atoms with Gasteiger partial charge in [-0.1, -0.05) is 32.4 Å². The highest BCUT2D eigenvalue weighted by atomic mass is 16.3. The molecule has 3 N–H and O–H groups in total. The van der Waals surface area contributed by atoms with E-state index < -0.39 is 11.2 Å².